The van der Waals surface area contributed by atoms with Crippen molar-refractivity contribution in [2.75, 3.05) is 14.2 Å². The number of amides is 1. The van der Waals surface area contributed by atoms with Crippen molar-refractivity contribution < 1.29 is 18.9 Å². The van der Waals surface area contributed by atoms with Crippen LogP contribution in [0.1, 0.15) is 10.6 Å². The zero-order valence-corrected chi connectivity index (χ0v) is 9.16. The first-order chi connectivity index (χ1) is 6.06. The van der Waals surface area contributed by atoms with Gasteiger partial charge in [0.25, 0.3) is 10.4 Å². The van der Waals surface area contributed by atoms with E-state index in [1.54, 1.807) is 13.1 Å². The van der Waals surface area contributed by atoms with Gasteiger partial charge in [-0.1, -0.05) is 0 Å². The Morgan fingerprint density at radius 2 is 2.38 bits per heavy atom. The van der Waals surface area contributed by atoms with Gasteiger partial charge in [0.1, 0.15) is 0 Å². The number of hydrogen-bond donors (Lipinski definition) is 0. The fourth-order valence-corrected chi connectivity index (χ4v) is 1.04. The van der Waals surface area contributed by atoms with Crippen molar-refractivity contribution in [3.05, 3.63) is 16.4 Å². The SMILES string of the molecule is CON(C)C(=O)c1cc(Br)[n+](C)o1. The molecule has 0 aliphatic heterocycles. The molecule has 72 valence electrons. The van der Waals surface area contributed by atoms with E-state index in [1.807, 2.05) is 0 Å². The highest BCUT2D eigenvalue weighted by atomic mass is 79.9. The quantitative estimate of drug-likeness (QED) is 0.567. The Morgan fingerprint density at radius 3 is 2.77 bits per heavy atom. The summed E-state index contributed by atoms with van der Waals surface area (Å²) in [5.74, 6) is -0.109. The van der Waals surface area contributed by atoms with Crippen molar-refractivity contribution in [3.63, 3.8) is 0 Å². The molecule has 1 rings (SSSR count). The smallest absolute Gasteiger partial charge is 0.274 e. The van der Waals surface area contributed by atoms with Gasteiger partial charge in [0, 0.05) is 23.0 Å². The average molecular weight is 250 g/mol. The van der Waals surface area contributed by atoms with E-state index < -0.39 is 0 Å². The van der Waals surface area contributed by atoms with Crippen molar-refractivity contribution in [1.29, 1.82) is 0 Å². The zero-order valence-electron chi connectivity index (χ0n) is 7.57. The molecule has 1 amide bonds. The summed E-state index contributed by atoms with van der Waals surface area (Å²) in [5, 5.41) is 1.09. The number of halogens is 1. The van der Waals surface area contributed by atoms with Crippen molar-refractivity contribution >= 4 is 21.8 Å². The molecule has 0 aromatic carbocycles. The summed E-state index contributed by atoms with van der Waals surface area (Å²) >= 11 is 3.21. The molecule has 1 aromatic rings. The highest BCUT2D eigenvalue weighted by molar-refractivity contribution is 9.10. The molecule has 0 spiro atoms. The molecule has 1 heterocycles. The van der Waals surface area contributed by atoms with Crippen molar-refractivity contribution in [3.8, 4) is 0 Å². The largest absolute Gasteiger partial charge is 0.320 e. The van der Waals surface area contributed by atoms with Crippen molar-refractivity contribution in [2.45, 2.75) is 0 Å². The molecule has 0 aliphatic carbocycles. The number of nitrogens with zero attached hydrogens (tertiary/aromatic N) is 2. The van der Waals surface area contributed by atoms with Crippen LogP contribution >= 0.6 is 15.9 Å². The molecular weight excluding hydrogens is 240 g/mol. The zero-order chi connectivity index (χ0) is 10.0. The Morgan fingerprint density at radius 1 is 1.77 bits per heavy atom. The summed E-state index contributed by atoms with van der Waals surface area (Å²) in [5.41, 5.74) is 0. The van der Waals surface area contributed by atoms with Crippen LogP contribution < -0.4 is 4.74 Å². The van der Waals surface area contributed by atoms with E-state index in [2.05, 4.69) is 15.9 Å². The Hall–Kier alpha value is -0.880. The molecular formula is C7H10BrN2O3+. The number of carbonyl (C=O) groups excluding carboxylic acids is 1. The van der Waals surface area contributed by atoms with Crippen LogP contribution in [0.4, 0.5) is 0 Å². The number of hydroxylamine groups is 2. The predicted octanol–water partition coefficient (Wildman–Crippen LogP) is 0.500. The van der Waals surface area contributed by atoms with Gasteiger partial charge in [-0.15, -0.1) is 0 Å². The highest BCUT2D eigenvalue weighted by Gasteiger charge is 2.22. The van der Waals surface area contributed by atoms with Gasteiger partial charge in [-0.25, -0.2) is 9.59 Å². The van der Waals surface area contributed by atoms with E-state index in [9.17, 15) is 4.79 Å². The molecule has 13 heavy (non-hydrogen) atoms. The number of aryl methyl sites for hydroxylation is 1. The number of rotatable bonds is 2. The lowest BCUT2D eigenvalue weighted by molar-refractivity contribution is -0.853. The summed E-state index contributed by atoms with van der Waals surface area (Å²) in [7, 11) is 4.61. The van der Waals surface area contributed by atoms with Crippen molar-refractivity contribution in [1.82, 2.24) is 5.06 Å². The lowest BCUT2D eigenvalue weighted by Gasteiger charge is -2.09. The third-order valence-electron chi connectivity index (χ3n) is 1.56. The van der Waals surface area contributed by atoms with Gasteiger partial charge in [0.05, 0.1) is 13.2 Å². The predicted molar refractivity (Wildman–Crippen MR) is 46.7 cm³/mol. The van der Waals surface area contributed by atoms with E-state index >= 15 is 0 Å². The summed E-state index contributed by atoms with van der Waals surface area (Å²) in [6.07, 6.45) is 0. The van der Waals surface area contributed by atoms with E-state index in [0.717, 1.165) is 5.06 Å². The third kappa shape index (κ3) is 2.07. The normalized spacial score (nSPS) is 10.2. The van der Waals surface area contributed by atoms with Gasteiger partial charge in [0.2, 0.25) is 0 Å². The van der Waals surface area contributed by atoms with Crippen LogP contribution in [0.2, 0.25) is 0 Å². The van der Waals surface area contributed by atoms with Gasteiger partial charge >= 0.3 is 5.91 Å². The van der Waals surface area contributed by atoms with E-state index in [0.29, 0.717) is 4.60 Å². The molecule has 0 fully saturated rings. The maximum atomic E-state index is 11.4. The minimum absolute atomic E-state index is 0.221. The second-order valence-electron chi connectivity index (χ2n) is 2.41. The van der Waals surface area contributed by atoms with E-state index in [-0.39, 0.29) is 11.7 Å². The molecule has 5 nitrogen and oxygen atoms in total. The first-order valence-corrected chi connectivity index (χ1v) is 4.33. The summed E-state index contributed by atoms with van der Waals surface area (Å²) in [4.78, 5) is 16.1. The maximum Gasteiger partial charge on any atom is 0.320 e. The Labute approximate surface area is 83.9 Å². The summed E-state index contributed by atoms with van der Waals surface area (Å²) < 4.78 is 7.23. The Balaban J connectivity index is 2.89. The Kier molecular flexibility index (Phi) is 3.05. The monoisotopic (exact) mass is 249 g/mol. The molecule has 0 bridgehead atoms. The minimum Gasteiger partial charge on any atom is -0.274 e. The van der Waals surface area contributed by atoms with Gasteiger partial charge in [-0.05, 0) is 4.74 Å². The fourth-order valence-electron chi connectivity index (χ4n) is 0.755. The standard InChI is InChI=1S/C7H10BrN2O3/c1-9-6(8)4-5(13-9)7(11)10(2)12-3/h4H,1-3H3/q+1. The second kappa shape index (κ2) is 3.89. The second-order valence-corrected chi connectivity index (χ2v) is 3.22. The molecule has 0 aliphatic rings. The van der Waals surface area contributed by atoms with Crippen LogP contribution in [-0.2, 0) is 11.9 Å². The first-order valence-electron chi connectivity index (χ1n) is 3.54. The summed E-state index contributed by atoms with van der Waals surface area (Å²) in [6.45, 7) is 0. The van der Waals surface area contributed by atoms with Crippen LogP contribution in [-0.4, -0.2) is 25.1 Å². The Bertz CT molecular complexity index is 304. The molecule has 1 aromatic heterocycles. The topological polar surface area (TPSA) is 46.6 Å². The van der Waals surface area contributed by atoms with Gasteiger partial charge in [-0.2, -0.15) is 0 Å². The minimum atomic E-state index is -0.330. The molecule has 6 heteroatoms. The lowest BCUT2D eigenvalue weighted by Crippen LogP contribution is -2.28. The van der Waals surface area contributed by atoms with Crippen LogP contribution in [0.25, 0.3) is 0 Å². The van der Waals surface area contributed by atoms with Gasteiger partial charge < -0.3 is 0 Å². The fraction of sp³-hybridized carbons (Fsp3) is 0.429. The van der Waals surface area contributed by atoms with E-state index in [1.165, 1.54) is 18.9 Å². The lowest BCUT2D eigenvalue weighted by atomic mass is 10.4. The molecule has 0 saturated carbocycles. The van der Waals surface area contributed by atoms with Crippen molar-refractivity contribution in [2.24, 2.45) is 7.05 Å². The average Bonchev–Trinajstić information content (AvgIpc) is 2.44. The molecule has 0 saturated heterocycles. The third-order valence-corrected chi connectivity index (χ3v) is 2.29. The summed E-state index contributed by atoms with van der Waals surface area (Å²) in [6, 6.07) is 1.58. The highest BCUT2D eigenvalue weighted by Crippen LogP contribution is 2.09. The molecule has 0 atom stereocenters. The van der Waals surface area contributed by atoms with Crippen LogP contribution in [0.15, 0.2) is 15.2 Å². The molecule has 0 radical (unpaired) electrons. The molecule has 0 unspecified atom stereocenters. The van der Waals surface area contributed by atoms with Crippen LogP contribution in [0.3, 0.4) is 0 Å². The van der Waals surface area contributed by atoms with Gasteiger partial charge in [0.15, 0.2) is 7.05 Å². The van der Waals surface area contributed by atoms with Crippen LogP contribution in [0.5, 0.6) is 0 Å². The van der Waals surface area contributed by atoms with Gasteiger partial charge in [-0.3, -0.25) is 9.63 Å². The van der Waals surface area contributed by atoms with Crippen LogP contribution in [0, 0.1) is 0 Å². The number of carbonyl (C=O) groups is 1. The molecule has 0 N–H and O–H groups in total. The maximum absolute atomic E-state index is 11.4. The first kappa shape index (κ1) is 10.2. The number of hydrogen-bond acceptors (Lipinski definition) is 3. The number of aromatic nitrogens is 1. The van der Waals surface area contributed by atoms with E-state index in [4.69, 9.17) is 9.36 Å².